The van der Waals surface area contributed by atoms with Gasteiger partial charge in [-0.15, -0.1) is 0 Å². The Morgan fingerprint density at radius 1 is 1.43 bits per heavy atom. The fourth-order valence-electron chi connectivity index (χ4n) is 2.79. The number of hydrogen-bond acceptors (Lipinski definition) is 4. The van der Waals surface area contributed by atoms with Crippen molar-refractivity contribution in [1.29, 1.82) is 0 Å². The highest BCUT2D eigenvalue weighted by atomic mass is 19.1. The average Bonchev–Trinajstić information content (AvgIpc) is 2.47. The van der Waals surface area contributed by atoms with E-state index in [4.69, 9.17) is 0 Å². The van der Waals surface area contributed by atoms with Crippen LogP contribution in [0.4, 0.5) is 10.1 Å². The first kappa shape index (κ1) is 15.9. The topological polar surface area (TPSA) is 58.4 Å². The van der Waals surface area contributed by atoms with E-state index in [1.54, 1.807) is 0 Å². The summed E-state index contributed by atoms with van der Waals surface area (Å²) in [5.74, 6) is -0.550. The summed E-state index contributed by atoms with van der Waals surface area (Å²) in [4.78, 5) is 12.4. The van der Waals surface area contributed by atoms with E-state index in [-0.39, 0.29) is 5.69 Å². The van der Waals surface area contributed by atoms with Crippen LogP contribution < -0.4 is 5.32 Å². The summed E-state index contributed by atoms with van der Waals surface area (Å²) in [5.41, 5.74) is 0.469. The van der Waals surface area contributed by atoms with Crippen molar-refractivity contribution in [3.05, 3.63) is 39.7 Å². The van der Waals surface area contributed by atoms with Gasteiger partial charge in [-0.25, -0.2) is 4.39 Å². The van der Waals surface area contributed by atoms with Gasteiger partial charge in [-0.2, -0.15) is 0 Å². The van der Waals surface area contributed by atoms with Crippen molar-refractivity contribution < 1.29 is 9.31 Å². The lowest BCUT2D eigenvalue weighted by Gasteiger charge is -2.29. The van der Waals surface area contributed by atoms with Gasteiger partial charge in [-0.3, -0.25) is 15.0 Å². The SMILES string of the molecule is CCN(Cc1cc(F)cc([N+](=O)[O-])c1)CC1CCCCN1. The Bertz CT molecular complexity index is 490. The average molecular weight is 295 g/mol. The van der Waals surface area contributed by atoms with Gasteiger partial charge < -0.3 is 5.32 Å². The van der Waals surface area contributed by atoms with E-state index in [0.717, 1.165) is 32.1 Å². The van der Waals surface area contributed by atoms with Gasteiger partial charge >= 0.3 is 0 Å². The van der Waals surface area contributed by atoms with Crippen molar-refractivity contribution in [2.75, 3.05) is 19.6 Å². The quantitative estimate of drug-likeness (QED) is 0.647. The number of non-ortho nitro benzene ring substituents is 1. The molecular weight excluding hydrogens is 273 g/mol. The van der Waals surface area contributed by atoms with Crippen molar-refractivity contribution in [1.82, 2.24) is 10.2 Å². The second-order valence-electron chi connectivity index (χ2n) is 5.55. The number of hydrogen-bond donors (Lipinski definition) is 1. The van der Waals surface area contributed by atoms with Crippen molar-refractivity contribution in [3.63, 3.8) is 0 Å². The highest BCUT2D eigenvalue weighted by Gasteiger charge is 2.17. The first-order valence-electron chi connectivity index (χ1n) is 7.48. The molecule has 0 aliphatic carbocycles. The Balaban J connectivity index is 2.01. The number of benzene rings is 1. The highest BCUT2D eigenvalue weighted by molar-refractivity contribution is 5.35. The molecule has 0 radical (unpaired) electrons. The second-order valence-corrected chi connectivity index (χ2v) is 5.55. The van der Waals surface area contributed by atoms with Crippen molar-refractivity contribution in [2.24, 2.45) is 0 Å². The molecule has 0 amide bonds. The Morgan fingerprint density at radius 3 is 2.86 bits per heavy atom. The van der Waals surface area contributed by atoms with E-state index in [1.165, 1.54) is 25.0 Å². The van der Waals surface area contributed by atoms with Gasteiger partial charge in [0.2, 0.25) is 0 Å². The smallest absolute Gasteiger partial charge is 0.272 e. The van der Waals surface area contributed by atoms with Gasteiger partial charge in [0.1, 0.15) is 5.82 Å². The standard InChI is InChI=1S/C15H22FN3O2/c1-2-18(11-14-5-3-4-6-17-14)10-12-7-13(16)9-15(8-12)19(20)21/h7-9,14,17H,2-6,10-11H2,1H3. The van der Waals surface area contributed by atoms with Crippen molar-refractivity contribution in [2.45, 2.75) is 38.8 Å². The van der Waals surface area contributed by atoms with Crippen molar-refractivity contribution in [3.8, 4) is 0 Å². The number of rotatable bonds is 6. The molecule has 0 bridgehead atoms. The molecule has 1 unspecified atom stereocenters. The Hall–Kier alpha value is -1.53. The van der Waals surface area contributed by atoms with Crippen LogP contribution in [-0.4, -0.2) is 35.5 Å². The van der Waals surface area contributed by atoms with Crippen LogP contribution in [0.15, 0.2) is 18.2 Å². The van der Waals surface area contributed by atoms with Gasteiger partial charge in [0.05, 0.1) is 11.0 Å². The predicted octanol–water partition coefficient (Wildman–Crippen LogP) is 2.70. The predicted molar refractivity (Wildman–Crippen MR) is 79.6 cm³/mol. The van der Waals surface area contributed by atoms with E-state index in [9.17, 15) is 14.5 Å². The molecule has 0 aromatic heterocycles. The monoisotopic (exact) mass is 295 g/mol. The maximum atomic E-state index is 13.5. The summed E-state index contributed by atoms with van der Waals surface area (Å²) in [6, 6.07) is 4.26. The highest BCUT2D eigenvalue weighted by Crippen LogP contribution is 2.18. The number of nitro benzene ring substituents is 1. The number of nitro groups is 1. The van der Waals surface area contributed by atoms with E-state index >= 15 is 0 Å². The molecule has 5 nitrogen and oxygen atoms in total. The Kier molecular flexibility index (Phi) is 5.64. The van der Waals surface area contributed by atoms with Crippen LogP contribution in [0.1, 0.15) is 31.7 Å². The molecule has 1 heterocycles. The molecule has 2 rings (SSSR count). The summed E-state index contributed by atoms with van der Waals surface area (Å²) >= 11 is 0. The van der Waals surface area contributed by atoms with Crippen LogP contribution in [0.25, 0.3) is 0 Å². The molecule has 1 aliphatic heterocycles. The van der Waals surface area contributed by atoms with E-state index in [1.807, 2.05) is 0 Å². The Labute approximate surface area is 124 Å². The summed E-state index contributed by atoms with van der Waals surface area (Å²) < 4.78 is 13.5. The van der Waals surface area contributed by atoms with Gasteiger partial charge in [0, 0.05) is 25.2 Å². The first-order chi connectivity index (χ1) is 10.1. The van der Waals surface area contributed by atoms with Gasteiger partial charge in [-0.1, -0.05) is 13.3 Å². The maximum Gasteiger partial charge on any atom is 0.272 e. The third-order valence-electron chi connectivity index (χ3n) is 3.90. The molecule has 1 fully saturated rings. The number of nitrogens with zero attached hydrogens (tertiary/aromatic N) is 2. The zero-order chi connectivity index (χ0) is 15.2. The van der Waals surface area contributed by atoms with Gasteiger partial charge in [0.15, 0.2) is 0 Å². The Morgan fingerprint density at radius 2 is 2.24 bits per heavy atom. The van der Waals surface area contributed by atoms with Crippen LogP contribution in [0.5, 0.6) is 0 Å². The number of likely N-dealkylation sites (N-methyl/N-ethyl adjacent to an activating group) is 1. The van der Waals surface area contributed by atoms with Gasteiger partial charge in [0.25, 0.3) is 5.69 Å². The molecule has 0 spiro atoms. The summed E-state index contributed by atoms with van der Waals surface area (Å²) in [6.45, 7) is 5.36. The third-order valence-corrected chi connectivity index (χ3v) is 3.90. The van der Waals surface area contributed by atoms with Crippen LogP contribution in [0.3, 0.4) is 0 Å². The molecule has 1 aromatic rings. The normalized spacial score (nSPS) is 18.9. The van der Waals surface area contributed by atoms with Crippen LogP contribution >= 0.6 is 0 Å². The molecule has 1 N–H and O–H groups in total. The molecule has 1 aromatic carbocycles. The summed E-state index contributed by atoms with van der Waals surface area (Å²) in [6.07, 6.45) is 3.61. The molecule has 0 saturated carbocycles. The molecule has 116 valence electrons. The van der Waals surface area contributed by atoms with E-state index < -0.39 is 10.7 Å². The molecule has 21 heavy (non-hydrogen) atoms. The fourth-order valence-corrected chi connectivity index (χ4v) is 2.79. The lowest BCUT2D eigenvalue weighted by Crippen LogP contribution is -2.43. The minimum Gasteiger partial charge on any atom is -0.313 e. The van der Waals surface area contributed by atoms with Crippen LogP contribution in [0, 0.1) is 15.9 Å². The maximum absolute atomic E-state index is 13.5. The summed E-state index contributed by atoms with van der Waals surface area (Å²) in [7, 11) is 0. The zero-order valence-corrected chi connectivity index (χ0v) is 12.3. The van der Waals surface area contributed by atoms with Gasteiger partial charge in [-0.05, 0) is 37.6 Å². The fraction of sp³-hybridized carbons (Fsp3) is 0.600. The van der Waals surface area contributed by atoms with Crippen LogP contribution in [-0.2, 0) is 6.54 Å². The second kappa shape index (κ2) is 7.47. The first-order valence-corrected chi connectivity index (χ1v) is 7.48. The minimum absolute atomic E-state index is 0.183. The zero-order valence-electron chi connectivity index (χ0n) is 12.3. The van der Waals surface area contributed by atoms with E-state index in [0.29, 0.717) is 18.2 Å². The van der Waals surface area contributed by atoms with Crippen LogP contribution in [0.2, 0.25) is 0 Å². The molecule has 1 atom stereocenters. The molecule has 6 heteroatoms. The number of halogens is 1. The number of nitrogens with one attached hydrogen (secondary N) is 1. The summed E-state index contributed by atoms with van der Waals surface area (Å²) in [5, 5.41) is 14.3. The lowest BCUT2D eigenvalue weighted by molar-refractivity contribution is -0.385. The number of piperidine rings is 1. The molecule has 1 saturated heterocycles. The minimum atomic E-state index is -0.550. The molecular formula is C15H22FN3O2. The third kappa shape index (κ3) is 4.75. The lowest BCUT2D eigenvalue weighted by atomic mass is 10.0. The largest absolute Gasteiger partial charge is 0.313 e. The molecule has 1 aliphatic rings. The van der Waals surface area contributed by atoms with Crippen molar-refractivity contribution >= 4 is 5.69 Å². The van der Waals surface area contributed by atoms with E-state index in [2.05, 4.69) is 17.1 Å².